The molecule has 1 unspecified atom stereocenters. The van der Waals surface area contributed by atoms with Gasteiger partial charge in [-0.15, -0.1) is 0 Å². The van der Waals surface area contributed by atoms with E-state index in [0.29, 0.717) is 31.0 Å². The number of benzene rings is 2. The zero-order valence-electron chi connectivity index (χ0n) is 19.0. The van der Waals surface area contributed by atoms with Gasteiger partial charge in [-0.05, 0) is 54.4 Å². The summed E-state index contributed by atoms with van der Waals surface area (Å²) in [5.41, 5.74) is 1.16. The van der Waals surface area contributed by atoms with Gasteiger partial charge in [0.25, 0.3) is 5.91 Å². The van der Waals surface area contributed by atoms with E-state index in [1.165, 1.54) is 6.07 Å². The summed E-state index contributed by atoms with van der Waals surface area (Å²) in [4.78, 5) is 19.3. The van der Waals surface area contributed by atoms with Crippen LogP contribution in [0.1, 0.15) is 23.6 Å². The number of hydrogen-bond acceptors (Lipinski definition) is 6. The highest BCUT2D eigenvalue weighted by Crippen LogP contribution is 2.29. The van der Waals surface area contributed by atoms with Crippen molar-refractivity contribution < 1.29 is 37.0 Å². The van der Waals surface area contributed by atoms with Gasteiger partial charge in [-0.1, -0.05) is 17.3 Å². The molecule has 184 valence electrons. The Hall–Kier alpha value is -3.11. The molecule has 0 N–H and O–H groups in total. The molecule has 10 heteroatoms. The van der Waals surface area contributed by atoms with Crippen LogP contribution in [0.4, 0.5) is 13.2 Å². The van der Waals surface area contributed by atoms with Crippen molar-refractivity contribution in [2.75, 3.05) is 40.0 Å². The standard InChI is InChI=1S/C24H27F3N2O5/c1-17(19-6-8-21(31-2)9-7-19)28-34-16-23(30)29-10-11-33-22(13-29)15-32-14-18-4-3-5-20(12-18)24(25,26)27/h3-9,12,22H,10-11,13-16H2,1-2H3/b28-17-. The van der Waals surface area contributed by atoms with E-state index < -0.39 is 11.7 Å². The van der Waals surface area contributed by atoms with Crippen LogP contribution in [0.15, 0.2) is 53.7 Å². The molecule has 1 saturated heterocycles. The molecule has 1 atom stereocenters. The smallest absolute Gasteiger partial charge is 0.416 e. The Morgan fingerprint density at radius 1 is 1.21 bits per heavy atom. The molecule has 3 rings (SSSR count). The second-order valence-electron chi connectivity index (χ2n) is 7.72. The molecule has 0 aliphatic carbocycles. The topological polar surface area (TPSA) is 69.6 Å². The zero-order chi connectivity index (χ0) is 24.6. The van der Waals surface area contributed by atoms with E-state index in [-0.39, 0.29) is 31.8 Å². The first-order chi connectivity index (χ1) is 16.3. The Bertz CT molecular complexity index is 979. The number of morpholine rings is 1. The highest BCUT2D eigenvalue weighted by atomic mass is 19.4. The summed E-state index contributed by atoms with van der Waals surface area (Å²) in [6, 6.07) is 12.3. The molecule has 2 aromatic carbocycles. The summed E-state index contributed by atoms with van der Waals surface area (Å²) < 4.78 is 54.8. The second-order valence-corrected chi connectivity index (χ2v) is 7.72. The molecule has 0 radical (unpaired) electrons. The van der Waals surface area contributed by atoms with E-state index in [0.717, 1.165) is 23.4 Å². The third kappa shape index (κ3) is 7.46. The minimum atomic E-state index is -4.40. The zero-order valence-corrected chi connectivity index (χ0v) is 19.0. The van der Waals surface area contributed by atoms with Crippen molar-refractivity contribution in [2.24, 2.45) is 5.16 Å². The van der Waals surface area contributed by atoms with E-state index in [2.05, 4.69) is 5.16 Å². The number of amides is 1. The van der Waals surface area contributed by atoms with Crippen molar-refractivity contribution in [3.63, 3.8) is 0 Å². The summed E-state index contributed by atoms with van der Waals surface area (Å²) in [5, 5.41) is 4.00. The van der Waals surface area contributed by atoms with E-state index in [1.54, 1.807) is 25.0 Å². The predicted molar refractivity (Wildman–Crippen MR) is 119 cm³/mol. The Kier molecular flexibility index (Phi) is 8.89. The van der Waals surface area contributed by atoms with Crippen molar-refractivity contribution in [3.05, 3.63) is 65.2 Å². The lowest BCUT2D eigenvalue weighted by atomic mass is 10.1. The van der Waals surface area contributed by atoms with E-state index in [4.69, 9.17) is 19.0 Å². The summed E-state index contributed by atoms with van der Waals surface area (Å²) in [7, 11) is 1.59. The molecule has 1 amide bonds. The monoisotopic (exact) mass is 480 g/mol. The van der Waals surface area contributed by atoms with E-state index in [1.807, 2.05) is 24.3 Å². The van der Waals surface area contributed by atoms with Crippen LogP contribution in [0.5, 0.6) is 5.75 Å². The summed E-state index contributed by atoms with van der Waals surface area (Å²) in [6.07, 6.45) is -4.78. The van der Waals surface area contributed by atoms with Crippen molar-refractivity contribution in [2.45, 2.75) is 25.8 Å². The van der Waals surface area contributed by atoms with Crippen molar-refractivity contribution in [3.8, 4) is 5.75 Å². The molecule has 1 aliphatic rings. The number of halogens is 3. The molecule has 0 saturated carbocycles. The Balaban J connectivity index is 1.42. The second kappa shape index (κ2) is 11.8. The number of methoxy groups -OCH3 is 1. The van der Waals surface area contributed by atoms with Crippen molar-refractivity contribution >= 4 is 11.6 Å². The third-order valence-electron chi connectivity index (χ3n) is 5.22. The van der Waals surface area contributed by atoms with Gasteiger partial charge < -0.3 is 23.9 Å². The van der Waals surface area contributed by atoms with E-state index >= 15 is 0 Å². The van der Waals surface area contributed by atoms with Crippen LogP contribution in [-0.4, -0.2) is 62.6 Å². The number of nitrogens with zero attached hydrogens (tertiary/aromatic N) is 2. The van der Waals surface area contributed by atoms with Crippen molar-refractivity contribution in [1.82, 2.24) is 4.90 Å². The SMILES string of the molecule is COc1ccc(/C(C)=N\OCC(=O)N2CCOC(COCc3cccc(C(F)(F)F)c3)C2)cc1. The number of oxime groups is 1. The quantitative estimate of drug-likeness (QED) is 0.402. The number of hydrogen-bond donors (Lipinski definition) is 0. The molecule has 1 heterocycles. The number of rotatable bonds is 9. The molecule has 34 heavy (non-hydrogen) atoms. The first kappa shape index (κ1) is 25.5. The maximum Gasteiger partial charge on any atom is 0.416 e. The minimum Gasteiger partial charge on any atom is -0.497 e. The van der Waals surface area contributed by atoms with Gasteiger partial charge in [0, 0.05) is 13.1 Å². The lowest BCUT2D eigenvalue weighted by Gasteiger charge is -2.32. The molecule has 1 fully saturated rings. The Morgan fingerprint density at radius 2 is 1.97 bits per heavy atom. The van der Waals surface area contributed by atoms with Crippen molar-refractivity contribution in [1.29, 1.82) is 0 Å². The van der Waals surface area contributed by atoms with Gasteiger partial charge in [0.15, 0.2) is 6.61 Å². The largest absolute Gasteiger partial charge is 0.497 e. The Morgan fingerprint density at radius 3 is 2.68 bits per heavy atom. The normalized spacial score (nSPS) is 16.9. The van der Waals surface area contributed by atoms with Gasteiger partial charge in [0.1, 0.15) is 5.75 Å². The van der Waals surface area contributed by atoms with Gasteiger partial charge >= 0.3 is 6.18 Å². The van der Waals surface area contributed by atoms with Crippen LogP contribution in [0.25, 0.3) is 0 Å². The summed E-state index contributed by atoms with van der Waals surface area (Å²) in [6.45, 7) is 2.76. The molecular weight excluding hydrogens is 453 g/mol. The first-order valence-corrected chi connectivity index (χ1v) is 10.7. The van der Waals surface area contributed by atoms with Gasteiger partial charge in [-0.2, -0.15) is 13.2 Å². The number of ether oxygens (including phenoxy) is 3. The van der Waals surface area contributed by atoms with Crippen LogP contribution in [0, 0.1) is 0 Å². The Labute approximate surface area is 196 Å². The molecule has 1 aliphatic heterocycles. The predicted octanol–water partition coefficient (Wildman–Crippen LogP) is 3.90. The summed E-state index contributed by atoms with van der Waals surface area (Å²) in [5.74, 6) is 0.491. The van der Waals surface area contributed by atoms with Gasteiger partial charge in [0.05, 0.1) is 44.3 Å². The average molecular weight is 480 g/mol. The van der Waals surface area contributed by atoms with Gasteiger partial charge in [-0.3, -0.25) is 4.79 Å². The fourth-order valence-electron chi connectivity index (χ4n) is 3.35. The van der Waals surface area contributed by atoms with Gasteiger partial charge in [-0.25, -0.2) is 0 Å². The molecule has 0 aromatic heterocycles. The lowest BCUT2D eigenvalue weighted by molar-refractivity contribution is -0.146. The van der Waals surface area contributed by atoms with Crippen LogP contribution < -0.4 is 4.74 Å². The third-order valence-corrected chi connectivity index (χ3v) is 5.22. The molecule has 2 aromatic rings. The van der Waals surface area contributed by atoms with Crippen LogP contribution in [0.2, 0.25) is 0 Å². The summed E-state index contributed by atoms with van der Waals surface area (Å²) >= 11 is 0. The number of carbonyl (C=O) groups is 1. The number of alkyl halides is 3. The van der Waals surface area contributed by atoms with Crippen LogP contribution in [0.3, 0.4) is 0 Å². The lowest BCUT2D eigenvalue weighted by Crippen LogP contribution is -2.48. The molecule has 0 bridgehead atoms. The van der Waals surface area contributed by atoms with Crippen LogP contribution >= 0.6 is 0 Å². The highest BCUT2D eigenvalue weighted by Gasteiger charge is 2.30. The number of carbonyl (C=O) groups excluding carboxylic acids is 1. The van der Waals surface area contributed by atoms with E-state index in [9.17, 15) is 18.0 Å². The average Bonchev–Trinajstić information content (AvgIpc) is 2.84. The van der Waals surface area contributed by atoms with Gasteiger partial charge in [0.2, 0.25) is 0 Å². The molecule has 7 nitrogen and oxygen atoms in total. The maximum absolute atomic E-state index is 12.8. The fraction of sp³-hybridized carbons (Fsp3) is 0.417. The van der Waals surface area contributed by atoms with Crippen LogP contribution in [-0.2, 0) is 31.9 Å². The highest BCUT2D eigenvalue weighted by molar-refractivity contribution is 5.98. The maximum atomic E-state index is 12.8. The fourth-order valence-corrected chi connectivity index (χ4v) is 3.35. The molecule has 0 spiro atoms. The molecular formula is C24H27F3N2O5. The minimum absolute atomic E-state index is 0.0141. The first-order valence-electron chi connectivity index (χ1n) is 10.7.